The first-order chi connectivity index (χ1) is 8.61. The van der Waals surface area contributed by atoms with E-state index in [0.717, 1.165) is 0 Å². The predicted molar refractivity (Wildman–Crippen MR) is 69.3 cm³/mol. The van der Waals surface area contributed by atoms with Crippen LogP contribution in [0.15, 0.2) is 42.5 Å². The molecule has 0 atom stereocenters. The lowest BCUT2D eigenvalue weighted by Crippen LogP contribution is -2.01. The van der Waals surface area contributed by atoms with Crippen molar-refractivity contribution in [3.63, 3.8) is 0 Å². The molecule has 18 heavy (non-hydrogen) atoms. The maximum Gasteiger partial charge on any atom is 0.193 e. The molecule has 0 spiro atoms. The van der Waals surface area contributed by atoms with Gasteiger partial charge < -0.3 is 9.84 Å². The number of carbonyl (C=O) groups is 1. The van der Waals surface area contributed by atoms with Gasteiger partial charge in [0.2, 0.25) is 0 Å². The Morgan fingerprint density at radius 2 is 1.83 bits per heavy atom. The van der Waals surface area contributed by atoms with Gasteiger partial charge in [-0.3, -0.25) is 4.79 Å². The van der Waals surface area contributed by atoms with E-state index in [2.05, 4.69) is 0 Å². The minimum absolute atomic E-state index is 0.0861. The highest BCUT2D eigenvalue weighted by atomic mass is 16.5. The lowest BCUT2D eigenvalue weighted by Gasteiger charge is -2.05. The monoisotopic (exact) mass is 242 g/mol. The van der Waals surface area contributed by atoms with Gasteiger partial charge in [0.05, 0.1) is 7.11 Å². The van der Waals surface area contributed by atoms with E-state index < -0.39 is 0 Å². The van der Waals surface area contributed by atoms with Gasteiger partial charge in [-0.2, -0.15) is 0 Å². The zero-order chi connectivity index (χ0) is 13.1. The van der Waals surface area contributed by atoms with Crippen LogP contribution in [0, 0.1) is 6.92 Å². The van der Waals surface area contributed by atoms with Gasteiger partial charge in [-0.1, -0.05) is 12.1 Å². The van der Waals surface area contributed by atoms with Crippen molar-refractivity contribution in [3.8, 4) is 11.5 Å². The fraction of sp³-hybridized carbons (Fsp3) is 0.133. The van der Waals surface area contributed by atoms with Crippen LogP contribution in [0.4, 0.5) is 0 Å². The van der Waals surface area contributed by atoms with Crippen LogP contribution in [0.3, 0.4) is 0 Å². The van der Waals surface area contributed by atoms with Crippen LogP contribution in [-0.2, 0) is 0 Å². The first kappa shape index (κ1) is 12.2. The molecule has 2 rings (SSSR count). The van der Waals surface area contributed by atoms with Crippen LogP contribution in [0.2, 0.25) is 0 Å². The molecule has 0 aromatic heterocycles. The molecule has 1 N–H and O–H groups in total. The first-order valence-electron chi connectivity index (χ1n) is 5.60. The number of hydrogen-bond donors (Lipinski definition) is 1. The summed E-state index contributed by atoms with van der Waals surface area (Å²) in [6.07, 6.45) is 0. The molecule has 0 unspecified atom stereocenters. The van der Waals surface area contributed by atoms with Crippen LogP contribution in [-0.4, -0.2) is 18.0 Å². The normalized spacial score (nSPS) is 10.1. The van der Waals surface area contributed by atoms with Gasteiger partial charge in [0, 0.05) is 11.1 Å². The van der Waals surface area contributed by atoms with Crippen LogP contribution in [0.1, 0.15) is 21.5 Å². The second kappa shape index (κ2) is 4.92. The summed E-state index contributed by atoms with van der Waals surface area (Å²) in [5.74, 6) is 0.755. The van der Waals surface area contributed by atoms with Crippen LogP contribution >= 0.6 is 0 Å². The lowest BCUT2D eigenvalue weighted by molar-refractivity contribution is 0.103. The van der Waals surface area contributed by atoms with Crippen LogP contribution in [0.25, 0.3) is 0 Å². The Labute approximate surface area is 106 Å². The largest absolute Gasteiger partial charge is 0.508 e. The average molecular weight is 242 g/mol. The van der Waals surface area contributed by atoms with E-state index >= 15 is 0 Å². The number of benzene rings is 2. The topological polar surface area (TPSA) is 46.5 Å². The maximum absolute atomic E-state index is 12.2. The number of phenolic OH excluding ortho intramolecular Hbond substituents is 1. The minimum atomic E-state index is -0.0861. The summed E-state index contributed by atoms with van der Waals surface area (Å²) in [4.78, 5) is 12.2. The molecule has 0 fully saturated rings. The minimum Gasteiger partial charge on any atom is -0.508 e. The number of ketones is 1. The number of hydrogen-bond acceptors (Lipinski definition) is 3. The number of rotatable bonds is 3. The highest BCUT2D eigenvalue weighted by Crippen LogP contribution is 2.21. The van der Waals surface area contributed by atoms with Gasteiger partial charge in [0.25, 0.3) is 0 Å². The van der Waals surface area contributed by atoms with E-state index in [-0.39, 0.29) is 11.5 Å². The van der Waals surface area contributed by atoms with Crippen molar-refractivity contribution in [2.24, 2.45) is 0 Å². The second-order valence-electron chi connectivity index (χ2n) is 4.06. The third-order valence-corrected chi connectivity index (χ3v) is 2.79. The third kappa shape index (κ3) is 2.35. The van der Waals surface area contributed by atoms with Gasteiger partial charge >= 0.3 is 0 Å². The summed E-state index contributed by atoms with van der Waals surface area (Å²) in [7, 11) is 1.56. The van der Waals surface area contributed by atoms with Crippen molar-refractivity contribution in [1.29, 1.82) is 0 Å². The molecule has 0 aliphatic rings. The van der Waals surface area contributed by atoms with E-state index in [1.54, 1.807) is 50.4 Å². The first-order valence-corrected chi connectivity index (χ1v) is 5.60. The molecule has 0 aliphatic heterocycles. The Morgan fingerprint density at radius 1 is 1.11 bits per heavy atom. The van der Waals surface area contributed by atoms with Crippen molar-refractivity contribution < 1.29 is 14.6 Å². The van der Waals surface area contributed by atoms with Crippen molar-refractivity contribution >= 4 is 5.78 Å². The van der Waals surface area contributed by atoms with Crippen molar-refractivity contribution in [1.82, 2.24) is 0 Å². The summed E-state index contributed by atoms with van der Waals surface area (Å²) in [5, 5.41) is 9.45. The molecule has 3 heteroatoms. The van der Waals surface area contributed by atoms with Gasteiger partial charge in [-0.15, -0.1) is 0 Å². The zero-order valence-corrected chi connectivity index (χ0v) is 10.3. The maximum atomic E-state index is 12.2. The number of phenols is 1. The van der Waals surface area contributed by atoms with Gasteiger partial charge in [-0.25, -0.2) is 0 Å². The summed E-state index contributed by atoms with van der Waals surface area (Å²) in [6.45, 7) is 1.76. The molecule has 0 aliphatic carbocycles. The Balaban J connectivity index is 2.38. The Kier molecular flexibility index (Phi) is 3.33. The van der Waals surface area contributed by atoms with E-state index in [9.17, 15) is 9.90 Å². The molecule has 0 saturated heterocycles. The Bertz CT molecular complexity index is 588. The molecule has 3 nitrogen and oxygen atoms in total. The Hall–Kier alpha value is -2.29. The standard InChI is InChI=1S/C15H14O3/c1-10-8-12(6-7-14(10)16)15(17)11-4-3-5-13(9-11)18-2/h3-9,16H,1-2H3. The number of methoxy groups -OCH3 is 1. The molecular formula is C15H14O3. The average Bonchev–Trinajstić information content (AvgIpc) is 2.41. The number of ether oxygens (including phenoxy) is 1. The predicted octanol–water partition coefficient (Wildman–Crippen LogP) is 2.94. The Morgan fingerprint density at radius 3 is 2.50 bits per heavy atom. The molecule has 0 radical (unpaired) electrons. The number of aryl methyl sites for hydroxylation is 1. The van der Waals surface area contributed by atoms with Crippen LogP contribution < -0.4 is 4.74 Å². The SMILES string of the molecule is COc1cccc(C(=O)c2ccc(O)c(C)c2)c1. The van der Waals surface area contributed by atoms with E-state index in [1.807, 2.05) is 0 Å². The van der Waals surface area contributed by atoms with Gasteiger partial charge in [0.15, 0.2) is 5.78 Å². The second-order valence-corrected chi connectivity index (χ2v) is 4.06. The van der Waals surface area contributed by atoms with Crippen LogP contribution in [0.5, 0.6) is 11.5 Å². The zero-order valence-electron chi connectivity index (χ0n) is 10.3. The van der Waals surface area contributed by atoms with Gasteiger partial charge in [0.1, 0.15) is 11.5 Å². The summed E-state index contributed by atoms with van der Waals surface area (Å²) >= 11 is 0. The molecule has 0 saturated carbocycles. The van der Waals surface area contributed by atoms with E-state index in [4.69, 9.17) is 4.74 Å². The highest BCUT2D eigenvalue weighted by Gasteiger charge is 2.11. The van der Waals surface area contributed by atoms with Crippen molar-refractivity contribution in [3.05, 3.63) is 59.2 Å². The molecule has 92 valence electrons. The van der Waals surface area contributed by atoms with Gasteiger partial charge in [-0.05, 0) is 42.8 Å². The van der Waals surface area contributed by atoms with E-state index in [1.165, 1.54) is 6.07 Å². The summed E-state index contributed by atoms with van der Waals surface area (Å²) in [5.41, 5.74) is 1.81. The summed E-state index contributed by atoms with van der Waals surface area (Å²) in [6, 6.07) is 11.8. The fourth-order valence-corrected chi connectivity index (χ4v) is 1.73. The lowest BCUT2D eigenvalue weighted by atomic mass is 10.0. The van der Waals surface area contributed by atoms with Crippen molar-refractivity contribution in [2.45, 2.75) is 6.92 Å². The van der Waals surface area contributed by atoms with E-state index in [0.29, 0.717) is 22.4 Å². The molecule has 2 aromatic rings. The fourth-order valence-electron chi connectivity index (χ4n) is 1.73. The van der Waals surface area contributed by atoms with Crippen molar-refractivity contribution in [2.75, 3.05) is 7.11 Å². The molecule has 0 amide bonds. The molecule has 0 heterocycles. The summed E-state index contributed by atoms with van der Waals surface area (Å²) < 4.78 is 5.09. The number of carbonyl (C=O) groups excluding carboxylic acids is 1. The molecular weight excluding hydrogens is 228 g/mol. The smallest absolute Gasteiger partial charge is 0.193 e. The highest BCUT2D eigenvalue weighted by molar-refractivity contribution is 6.09. The number of aromatic hydroxyl groups is 1. The quantitative estimate of drug-likeness (QED) is 0.842. The molecule has 2 aromatic carbocycles. The molecule has 0 bridgehead atoms. The third-order valence-electron chi connectivity index (χ3n) is 2.79.